The molecule has 1 aromatic heterocycles. The maximum Gasteiger partial charge on any atom is 0.407 e. The van der Waals surface area contributed by atoms with Crippen LogP contribution in [0.3, 0.4) is 0 Å². The number of rotatable bonds is 5. The van der Waals surface area contributed by atoms with E-state index < -0.39 is 5.60 Å². The zero-order valence-corrected chi connectivity index (χ0v) is 14.0. The Morgan fingerprint density at radius 1 is 1.35 bits per heavy atom. The van der Waals surface area contributed by atoms with Crippen molar-refractivity contribution in [2.75, 3.05) is 18.4 Å². The first-order valence-electron chi connectivity index (χ1n) is 6.62. The number of pyridine rings is 1. The number of nitrogens with one attached hydrogen (secondary N) is 2. The lowest BCUT2D eigenvalue weighted by atomic mass is 10.2. The average molecular weight is 344 g/mol. The summed E-state index contributed by atoms with van der Waals surface area (Å²) in [5.41, 5.74) is 0.489. The average Bonchev–Trinajstić information content (AvgIpc) is 2.31. The molecule has 0 radical (unpaired) electrons. The van der Waals surface area contributed by atoms with Crippen molar-refractivity contribution in [3.05, 3.63) is 22.3 Å². The highest BCUT2D eigenvalue weighted by atomic mass is 79.9. The molecule has 0 spiro atoms. The Balaban J connectivity index is 2.19. The molecule has 20 heavy (non-hydrogen) atoms. The quantitative estimate of drug-likeness (QED) is 0.803. The van der Waals surface area contributed by atoms with Crippen LogP contribution in [0.15, 0.2) is 16.6 Å². The van der Waals surface area contributed by atoms with Gasteiger partial charge in [0.05, 0.1) is 5.69 Å². The molecular weight excluding hydrogens is 322 g/mol. The van der Waals surface area contributed by atoms with Crippen molar-refractivity contribution < 1.29 is 9.53 Å². The van der Waals surface area contributed by atoms with E-state index in [2.05, 4.69) is 31.5 Å². The van der Waals surface area contributed by atoms with Gasteiger partial charge in [0, 0.05) is 17.6 Å². The van der Waals surface area contributed by atoms with Gasteiger partial charge in [-0.15, -0.1) is 0 Å². The van der Waals surface area contributed by atoms with Crippen LogP contribution in [0.1, 0.15) is 32.9 Å². The first kappa shape index (κ1) is 16.8. The Labute approximate surface area is 128 Å². The van der Waals surface area contributed by atoms with Gasteiger partial charge in [-0.1, -0.05) is 0 Å². The van der Waals surface area contributed by atoms with Crippen LogP contribution >= 0.6 is 15.9 Å². The second-order valence-electron chi connectivity index (χ2n) is 5.47. The number of hydrogen-bond donors (Lipinski definition) is 2. The minimum atomic E-state index is -0.457. The van der Waals surface area contributed by atoms with Gasteiger partial charge in [0.2, 0.25) is 0 Å². The first-order chi connectivity index (χ1) is 9.28. The normalized spacial score (nSPS) is 11.1. The van der Waals surface area contributed by atoms with Crippen LogP contribution in [0, 0.1) is 6.92 Å². The third-order valence-corrected chi connectivity index (χ3v) is 3.19. The number of halogens is 1. The summed E-state index contributed by atoms with van der Waals surface area (Å²) in [4.78, 5) is 15.8. The maximum atomic E-state index is 11.4. The molecule has 6 heteroatoms. The topological polar surface area (TPSA) is 63.2 Å². The van der Waals surface area contributed by atoms with Gasteiger partial charge in [0.15, 0.2) is 0 Å². The summed E-state index contributed by atoms with van der Waals surface area (Å²) in [5.74, 6) is 0.836. The number of aryl methyl sites for hydroxylation is 1. The Bertz CT molecular complexity index is 458. The molecule has 0 atom stereocenters. The number of carbonyl (C=O) groups is 1. The fourth-order valence-electron chi connectivity index (χ4n) is 1.45. The van der Waals surface area contributed by atoms with Crippen molar-refractivity contribution in [1.82, 2.24) is 10.3 Å². The van der Waals surface area contributed by atoms with Crippen LogP contribution < -0.4 is 10.6 Å². The molecule has 0 aliphatic carbocycles. The van der Waals surface area contributed by atoms with Crippen molar-refractivity contribution in [2.45, 2.75) is 39.7 Å². The molecule has 5 nitrogen and oxygen atoms in total. The van der Waals surface area contributed by atoms with E-state index in [0.717, 1.165) is 29.0 Å². The monoisotopic (exact) mass is 343 g/mol. The number of ether oxygens (including phenoxy) is 1. The van der Waals surface area contributed by atoms with Gasteiger partial charge in [-0.25, -0.2) is 9.78 Å². The van der Waals surface area contributed by atoms with Crippen LogP contribution in [0.5, 0.6) is 0 Å². The highest BCUT2D eigenvalue weighted by molar-refractivity contribution is 9.10. The van der Waals surface area contributed by atoms with E-state index >= 15 is 0 Å². The van der Waals surface area contributed by atoms with Crippen molar-refractivity contribution in [3.63, 3.8) is 0 Å². The van der Waals surface area contributed by atoms with Gasteiger partial charge < -0.3 is 15.4 Å². The van der Waals surface area contributed by atoms with E-state index in [9.17, 15) is 4.79 Å². The summed E-state index contributed by atoms with van der Waals surface area (Å²) < 4.78 is 6.14. The van der Waals surface area contributed by atoms with Crippen molar-refractivity contribution in [3.8, 4) is 0 Å². The number of alkyl carbamates (subject to hydrolysis) is 1. The summed E-state index contributed by atoms with van der Waals surface area (Å²) in [7, 11) is 0. The van der Waals surface area contributed by atoms with Crippen LogP contribution in [-0.4, -0.2) is 29.8 Å². The van der Waals surface area contributed by atoms with Gasteiger partial charge in [0.25, 0.3) is 0 Å². The van der Waals surface area contributed by atoms with Crippen molar-refractivity contribution >= 4 is 27.8 Å². The lowest BCUT2D eigenvalue weighted by Gasteiger charge is -2.19. The highest BCUT2D eigenvalue weighted by Crippen LogP contribution is 2.15. The van der Waals surface area contributed by atoms with Crippen molar-refractivity contribution in [2.24, 2.45) is 0 Å². The molecule has 0 unspecified atom stereocenters. The zero-order valence-electron chi connectivity index (χ0n) is 12.4. The van der Waals surface area contributed by atoms with Gasteiger partial charge >= 0.3 is 6.09 Å². The van der Waals surface area contributed by atoms with Crippen LogP contribution in [0.2, 0.25) is 0 Å². The minimum absolute atomic E-state index is 0.380. The van der Waals surface area contributed by atoms with Crippen LogP contribution in [0.4, 0.5) is 10.6 Å². The molecule has 0 saturated heterocycles. The molecule has 1 rings (SSSR count). The Morgan fingerprint density at radius 2 is 2.05 bits per heavy atom. The van der Waals surface area contributed by atoms with E-state index in [1.165, 1.54) is 0 Å². The summed E-state index contributed by atoms with van der Waals surface area (Å²) in [6.07, 6.45) is 0.422. The molecule has 0 aliphatic heterocycles. The van der Waals surface area contributed by atoms with Crippen LogP contribution in [0.25, 0.3) is 0 Å². The number of carbonyl (C=O) groups excluding carboxylic acids is 1. The Hall–Kier alpha value is -1.30. The Morgan fingerprint density at radius 3 is 2.65 bits per heavy atom. The SMILES string of the molecule is Cc1nc(NCCCNC(=O)OC(C)(C)C)ccc1Br. The first-order valence-corrected chi connectivity index (χ1v) is 7.41. The molecule has 0 aliphatic rings. The summed E-state index contributed by atoms with van der Waals surface area (Å²) in [6, 6.07) is 3.88. The second-order valence-corrected chi connectivity index (χ2v) is 6.33. The van der Waals surface area contributed by atoms with E-state index in [-0.39, 0.29) is 6.09 Å². The molecular formula is C14H22BrN3O2. The number of anilines is 1. The van der Waals surface area contributed by atoms with Gasteiger partial charge in [0.1, 0.15) is 11.4 Å². The minimum Gasteiger partial charge on any atom is -0.444 e. The van der Waals surface area contributed by atoms with Gasteiger partial charge in [-0.2, -0.15) is 0 Å². The van der Waals surface area contributed by atoms with E-state index in [1.807, 2.05) is 39.8 Å². The van der Waals surface area contributed by atoms with E-state index in [4.69, 9.17) is 4.74 Å². The van der Waals surface area contributed by atoms with Crippen molar-refractivity contribution in [1.29, 1.82) is 0 Å². The largest absolute Gasteiger partial charge is 0.444 e. The summed E-state index contributed by atoms with van der Waals surface area (Å²) in [6.45, 7) is 8.78. The zero-order chi connectivity index (χ0) is 15.2. The summed E-state index contributed by atoms with van der Waals surface area (Å²) in [5, 5.41) is 5.93. The highest BCUT2D eigenvalue weighted by Gasteiger charge is 2.15. The van der Waals surface area contributed by atoms with Crippen LogP contribution in [-0.2, 0) is 4.74 Å². The lowest BCUT2D eigenvalue weighted by Crippen LogP contribution is -2.33. The number of aromatic nitrogens is 1. The van der Waals surface area contributed by atoms with Gasteiger partial charge in [-0.3, -0.25) is 0 Å². The molecule has 2 N–H and O–H groups in total. The third kappa shape index (κ3) is 6.75. The molecule has 0 fully saturated rings. The standard InChI is InChI=1S/C14H22BrN3O2/c1-10-11(15)6-7-12(18-10)16-8-5-9-17-13(19)20-14(2,3)4/h6-7H,5,8-9H2,1-4H3,(H,16,18)(H,17,19). The number of amides is 1. The van der Waals surface area contributed by atoms with Gasteiger partial charge in [-0.05, 0) is 62.2 Å². The lowest BCUT2D eigenvalue weighted by molar-refractivity contribution is 0.0528. The molecule has 0 bridgehead atoms. The molecule has 1 heterocycles. The fraction of sp³-hybridized carbons (Fsp3) is 0.571. The fourth-order valence-corrected chi connectivity index (χ4v) is 1.67. The third-order valence-electron chi connectivity index (χ3n) is 2.35. The molecule has 112 valence electrons. The predicted molar refractivity (Wildman–Crippen MR) is 84.0 cm³/mol. The maximum absolute atomic E-state index is 11.4. The number of nitrogens with zero attached hydrogens (tertiary/aromatic N) is 1. The van der Waals surface area contributed by atoms with E-state index in [1.54, 1.807) is 0 Å². The molecule has 1 amide bonds. The Kier molecular flexibility index (Phi) is 6.26. The molecule has 1 aromatic rings. The van der Waals surface area contributed by atoms with E-state index in [0.29, 0.717) is 6.54 Å². The second kappa shape index (κ2) is 7.47. The number of hydrogen-bond acceptors (Lipinski definition) is 4. The predicted octanol–water partition coefficient (Wildman–Crippen LogP) is 3.48. The molecule has 0 saturated carbocycles. The summed E-state index contributed by atoms with van der Waals surface area (Å²) >= 11 is 3.41. The molecule has 0 aromatic carbocycles. The smallest absolute Gasteiger partial charge is 0.407 e.